The maximum Gasteiger partial charge on any atom is 0.240 e. The van der Waals surface area contributed by atoms with E-state index in [0.717, 1.165) is 6.07 Å². The van der Waals surface area contributed by atoms with Crippen LogP contribution in [0.2, 0.25) is 5.02 Å². The van der Waals surface area contributed by atoms with Crippen molar-refractivity contribution in [3.05, 3.63) is 28.5 Å². The molecule has 1 rings (SSSR count). The highest BCUT2D eigenvalue weighted by Gasteiger charge is 2.19. The van der Waals surface area contributed by atoms with E-state index in [2.05, 4.69) is 10.0 Å². The number of rotatable bonds is 7. The maximum atomic E-state index is 13.8. The first-order valence-corrected chi connectivity index (χ1v) is 8.70. The molecule has 4 nitrogen and oxygen atoms in total. The summed E-state index contributed by atoms with van der Waals surface area (Å²) in [7, 11) is -3.73. The zero-order chi connectivity index (χ0) is 16.2. The Hall–Kier alpha value is -0.690. The van der Waals surface area contributed by atoms with Gasteiger partial charge in [0.15, 0.2) is 0 Å². The van der Waals surface area contributed by atoms with E-state index in [-0.39, 0.29) is 21.9 Å². The second kappa shape index (κ2) is 7.54. The van der Waals surface area contributed by atoms with Crippen LogP contribution in [0.5, 0.6) is 0 Å². The summed E-state index contributed by atoms with van der Waals surface area (Å²) in [6, 6.07) is 2.54. The summed E-state index contributed by atoms with van der Waals surface area (Å²) in [6.45, 7) is 8.27. The van der Waals surface area contributed by atoms with Crippen LogP contribution in [0, 0.1) is 11.7 Å². The molecule has 1 aromatic rings. The fourth-order valence-electron chi connectivity index (χ4n) is 1.58. The van der Waals surface area contributed by atoms with Gasteiger partial charge in [0, 0.05) is 19.1 Å². The molecule has 0 unspecified atom stereocenters. The Labute approximate surface area is 131 Å². The lowest BCUT2D eigenvalue weighted by Gasteiger charge is -2.13. The van der Waals surface area contributed by atoms with Crippen molar-refractivity contribution in [2.45, 2.75) is 45.2 Å². The van der Waals surface area contributed by atoms with Crippen molar-refractivity contribution in [2.24, 2.45) is 5.92 Å². The summed E-state index contributed by atoms with van der Waals surface area (Å²) in [6.07, 6.45) is 0. The maximum absolute atomic E-state index is 13.8. The molecule has 0 fully saturated rings. The van der Waals surface area contributed by atoms with Crippen LogP contribution in [0.1, 0.15) is 33.3 Å². The van der Waals surface area contributed by atoms with Gasteiger partial charge in [0.25, 0.3) is 0 Å². The molecule has 0 heterocycles. The molecule has 0 saturated heterocycles. The van der Waals surface area contributed by atoms with Crippen molar-refractivity contribution >= 4 is 21.6 Å². The Kier molecular flexibility index (Phi) is 6.59. The van der Waals surface area contributed by atoms with Gasteiger partial charge in [-0.3, -0.25) is 0 Å². The Morgan fingerprint density at radius 1 is 1.24 bits per heavy atom. The summed E-state index contributed by atoms with van der Waals surface area (Å²) in [5.41, 5.74) is 0.426. The fourth-order valence-corrected chi connectivity index (χ4v) is 3.03. The molecule has 7 heteroatoms. The lowest BCUT2D eigenvalue weighted by atomic mass is 10.2. The van der Waals surface area contributed by atoms with E-state index < -0.39 is 15.8 Å². The highest BCUT2D eigenvalue weighted by Crippen LogP contribution is 2.24. The highest BCUT2D eigenvalue weighted by molar-refractivity contribution is 7.89. The number of hydrogen-bond donors (Lipinski definition) is 2. The largest absolute Gasteiger partial charge is 0.310 e. The van der Waals surface area contributed by atoms with E-state index in [1.54, 1.807) is 0 Å². The van der Waals surface area contributed by atoms with Gasteiger partial charge in [-0.25, -0.2) is 17.5 Å². The van der Waals surface area contributed by atoms with Crippen LogP contribution in [-0.4, -0.2) is 21.0 Å². The van der Waals surface area contributed by atoms with Gasteiger partial charge in [0.2, 0.25) is 10.0 Å². The van der Waals surface area contributed by atoms with Crippen molar-refractivity contribution in [1.82, 2.24) is 10.0 Å². The fraction of sp³-hybridized carbons (Fsp3) is 0.571. The minimum absolute atomic E-state index is 0.0500. The molecule has 0 aromatic heterocycles. The molecule has 0 aliphatic heterocycles. The second-order valence-corrected chi connectivity index (χ2v) is 7.80. The van der Waals surface area contributed by atoms with Crippen LogP contribution < -0.4 is 10.0 Å². The number of benzene rings is 1. The molecule has 0 aliphatic carbocycles. The lowest BCUT2D eigenvalue weighted by Crippen LogP contribution is -2.28. The van der Waals surface area contributed by atoms with E-state index in [1.165, 1.54) is 6.07 Å². The molecule has 0 saturated carbocycles. The van der Waals surface area contributed by atoms with Crippen molar-refractivity contribution in [3.63, 3.8) is 0 Å². The Bertz CT molecular complexity index is 589. The van der Waals surface area contributed by atoms with Gasteiger partial charge in [0.05, 0.1) is 9.92 Å². The summed E-state index contributed by atoms with van der Waals surface area (Å²) in [4.78, 5) is -0.106. The molecule has 2 N–H and O–H groups in total. The third-order valence-corrected chi connectivity index (χ3v) is 4.60. The minimum Gasteiger partial charge on any atom is -0.310 e. The zero-order valence-electron chi connectivity index (χ0n) is 12.7. The van der Waals surface area contributed by atoms with E-state index in [4.69, 9.17) is 11.6 Å². The van der Waals surface area contributed by atoms with E-state index in [1.807, 2.05) is 27.7 Å². The van der Waals surface area contributed by atoms with Gasteiger partial charge in [0.1, 0.15) is 5.82 Å². The van der Waals surface area contributed by atoms with E-state index >= 15 is 0 Å². The zero-order valence-corrected chi connectivity index (χ0v) is 14.3. The van der Waals surface area contributed by atoms with Gasteiger partial charge in [-0.1, -0.05) is 39.3 Å². The van der Waals surface area contributed by atoms with Crippen LogP contribution in [0.15, 0.2) is 17.0 Å². The highest BCUT2D eigenvalue weighted by atomic mass is 35.5. The van der Waals surface area contributed by atoms with E-state index in [0.29, 0.717) is 18.7 Å². The first-order valence-electron chi connectivity index (χ1n) is 6.84. The van der Waals surface area contributed by atoms with Gasteiger partial charge < -0.3 is 5.32 Å². The molecule has 0 spiro atoms. The van der Waals surface area contributed by atoms with Crippen LogP contribution in [0.25, 0.3) is 0 Å². The van der Waals surface area contributed by atoms with Gasteiger partial charge in [-0.15, -0.1) is 0 Å². The standard InChI is InChI=1S/C14H22ClFN2O2S/c1-9(2)7-18-21(19,20)12-5-11(8-17-10(3)4)14(15)13(16)6-12/h5-6,9-10,17-18H,7-8H2,1-4H3. The Balaban J connectivity index is 3.08. The van der Waals surface area contributed by atoms with Crippen molar-refractivity contribution in [3.8, 4) is 0 Å². The molecule has 0 aliphatic rings. The van der Waals surface area contributed by atoms with E-state index in [9.17, 15) is 12.8 Å². The predicted molar refractivity (Wildman–Crippen MR) is 83.4 cm³/mol. The third kappa shape index (κ3) is 5.54. The van der Waals surface area contributed by atoms with Crippen LogP contribution in [0.4, 0.5) is 4.39 Å². The predicted octanol–water partition coefficient (Wildman–Crippen LogP) is 2.91. The van der Waals surface area contributed by atoms with Gasteiger partial charge in [-0.05, 0) is 23.6 Å². The van der Waals surface area contributed by atoms with Crippen molar-refractivity contribution in [1.29, 1.82) is 0 Å². The van der Waals surface area contributed by atoms with Gasteiger partial charge in [-0.2, -0.15) is 0 Å². The summed E-state index contributed by atoms with van der Waals surface area (Å²) < 4.78 is 40.6. The average Bonchev–Trinajstić information content (AvgIpc) is 2.37. The molecule has 1 aromatic carbocycles. The SMILES string of the molecule is CC(C)CNS(=O)(=O)c1cc(F)c(Cl)c(CNC(C)C)c1. The third-order valence-electron chi connectivity index (χ3n) is 2.77. The summed E-state index contributed by atoms with van der Waals surface area (Å²) in [5, 5.41) is 3.04. The van der Waals surface area contributed by atoms with Crippen LogP contribution in [-0.2, 0) is 16.6 Å². The van der Waals surface area contributed by atoms with Crippen molar-refractivity contribution < 1.29 is 12.8 Å². The summed E-state index contributed by atoms with van der Waals surface area (Å²) >= 11 is 5.90. The second-order valence-electron chi connectivity index (χ2n) is 5.66. The number of halogens is 2. The molecular formula is C14H22ClFN2O2S. The molecule has 0 amide bonds. The first kappa shape index (κ1) is 18.4. The minimum atomic E-state index is -3.73. The number of nitrogens with one attached hydrogen (secondary N) is 2. The topological polar surface area (TPSA) is 58.2 Å². The average molecular weight is 337 g/mol. The molecule has 0 atom stereocenters. The van der Waals surface area contributed by atoms with Crippen LogP contribution >= 0.6 is 11.6 Å². The lowest BCUT2D eigenvalue weighted by molar-refractivity contribution is 0.555. The first-order chi connectivity index (χ1) is 9.63. The summed E-state index contributed by atoms with van der Waals surface area (Å²) in [5.74, 6) is -0.566. The normalized spacial score (nSPS) is 12.4. The van der Waals surface area contributed by atoms with Crippen LogP contribution in [0.3, 0.4) is 0 Å². The van der Waals surface area contributed by atoms with Crippen molar-refractivity contribution in [2.75, 3.05) is 6.54 Å². The van der Waals surface area contributed by atoms with Gasteiger partial charge >= 0.3 is 0 Å². The number of sulfonamides is 1. The monoisotopic (exact) mass is 336 g/mol. The Morgan fingerprint density at radius 3 is 2.38 bits per heavy atom. The smallest absolute Gasteiger partial charge is 0.240 e. The molecule has 21 heavy (non-hydrogen) atoms. The molecule has 120 valence electrons. The molecular weight excluding hydrogens is 315 g/mol. The molecule has 0 bridgehead atoms. The number of hydrogen-bond acceptors (Lipinski definition) is 3. The Morgan fingerprint density at radius 2 is 1.86 bits per heavy atom. The quantitative estimate of drug-likeness (QED) is 0.805. The molecule has 0 radical (unpaired) electrons.